The molecule has 0 bridgehead atoms. The zero-order chi connectivity index (χ0) is 19.3. The highest BCUT2D eigenvalue weighted by Gasteiger charge is 2.14. The number of amides is 1. The van der Waals surface area contributed by atoms with Crippen LogP contribution in [0.4, 0.5) is 5.13 Å². The lowest BCUT2D eigenvalue weighted by Gasteiger charge is -2.06. The summed E-state index contributed by atoms with van der Waals surface area (Å²) in [5.74, 6) is -0.227. The lowest BCUT2D eigenvalue weighted by molar-refractivity contribution is 0.102. The summed E-state index contributed by atoms with van der Waals surface area (Å²) in [6.45, 7) is 4.09. The average molecular weight is 387 g/mol. The van der Waals surface area contributed by atoms with Gasteiger partial charge in [0, 0.05) is 23.0 Å². The second kappa shape index (κ2) is 6.38. The van der Waals surface area contributed by atoms with Crippen LogP contribution in [0.1, 0.15) is 30.2 Å². The quantitative estimate of drug-likeness (QED) is 0.471. The number of hydrogen-bond acceptors (Lipinski definition) is 5. The van der Waals surface area contributed by atoms with E-state index in [0.29, 0.717) is 10.7 Å². The van der Waals surface area contributed by atoms with Crippen LogP contribution in [0, 0.1) is 0 Å². The van der Waals surface area contributed by atoms with E-state index in [-0.39, 0.29) is 11.9 Å². The first kappa shape index (κ1) is 16.8. The van der Waals surface area contributed by atoms with Gasteiger partial charge >= 0.3 is 0 Å². The molecule has 0 aliphatic rings. The van der Waals surface area contributed by atoms with Crippen LogP contribution in [0.3, 0.4) is 0 Å². The number of rotatable bonds is 3. The summed E-state index contributed by atoms with van der Waals surface area (Å²) in [7, 11) is 0. The number of carbonyl (C=O) groups is 1. The molecule has 3 heterocycles. The Morgan fingerprint density at radius 2 is 1.96 bits per heavy atom. The number of thiazole rings is 1. The summed E-state index contributed by atoms with van der Waals surface area (Å²) < 4.78 is 2.89. The number of fused-ring (bicyclic) bond motifs is 4. The smallest absolute Gasteiger partial charge is 0.259 e. The third-order valence-electron chi connectivity index (χ3n) is 4.69. The molecule has 0 aliphatic heterocycles. The fraction of sp³-hybridized carbons (Fsp3) is 0.143. The minimum atomic E-state index is -0.227. The Kier molecular flexibility index (Phi) is 3.84. The van der Waals surface area contributed by atoms with Crippen molar-refractivity contribution < 1.29 is 4.79 Å². The van der Waals surface area contributed by atoms with Crippen LogP contribution in [-0.2, 0) is 0 Å². The molecule has 0 aliphatic carbocycles. The highest BCUT2D eigenvalue weighted by molar-refractivity contribution is 7.22. The summed E-state index contributed by atoms with van der Waals surface area (Å²) >= 11 is 1.47. The van der Waals surface area contributed by atoms with Gasteiger partial charge in [-0.3, -0.25) is 10.1 Å². The lowest BCUT2D eigenvalue weighted by atomic mass is 10.1. The number of aromatic nitrogens is 4. The second-order valence-corrected chi connectivity index (χ2v) is 7.96. The van der Waals surface area contributed by atoms with Crippen molar-refractivity contribution in [2.45, 2.75) is 19.9 Å². The Morgan fingerprint density at radius 3 is 2.82 bits per heavy atom. The normalized spacial score (nSPS) is 11.7. The fourth-order valence-corrected chi connectivity index (χ4v) is 4.20. The fourth-order valence-electron chi connectivity index (χ4n) is 3.33. The van der Waals surface area contributed by atoms with Crippen molar-refractivity contribution in [1.82, 2.24) is 19.7 Å². The number of nitrogens with one attached hydrogen (secondary N) is 1. The van der Waals surface area contributed by atoms with E-state index < -0.39 is 0 Å². The van der Waals surface area contributed by atoms with Crippen LogP contribution in [0.25, 0.3) is 32.0 Å². The topological polar surface area (TPSA) is 72.7 Å². The van der Waals surface area contributed by atoms with Gasteiger partial charge in [0.05, 0.1) is 22.0 Å². The van der Waals surface area contributed by atoms with Crippen molar-refractivity contribution in [2.24, 2.45) is 0 Å². The van der Waals surface area contributed by atoms with Crippen molar-refractivity contribution in [2.75, 3.05) is 5.32 Å². The molecular formula is C21H17N5OS. The zero-order valence-corrected chi connectivity index (χ0v) is 16.2. The van der Waals surface area contributed by atoms with Gasteiger partial charge in [0.2, 0.25) is 0 Å². The molecule has 5 rings (SSSR count). The van der Waals surface area contributed by atoms with Crippen molar-refractivity contribution in [3.8, 4) is 0 Å². The summed E-state index contributed by atoms with van der Waals surface area (Å²) in [4.78, 5) is 21.8. The summed E-state index contributed by atoms with van der Waals surface area (Å²) in [6.07, 6.45) is 3.32. The van der Waals surface area contributed by atoms with E-state index in [1.807, 2.05) is 48.9 Å². The molecule has 3 aromatic heterocycles. The Labute approximate surface area is 164 Å². The average Bonchev–Trinajstić information content (AvgIpc) is 3.31. The van der Waals surface area contributed by atoms with Gasteiger partial charge in [0.15, 0.2) is 10.8 Å². The number of carbonyl (C=O) groups excluding carboxylic acids is 1. The Hall–Kier alpha value is -3.32. The zero-order valence-electron chi connectivity index (χ0n) is 15.4. The van der Waals surface area contributed by atoms with E-state index in [9.17, 15) is 4.79 Å². The van der Waals surface area contributed by atoms with Crippen LogP contribution < -0.4 is 5.32 Å². The first-order chi connectivity index (χ1) is 13.6. The van der Waals surface area contributed by atoms with Gasteiger partial charge in [-0.05, 0) is 31.4 Å². The van der Waals surface area contributed by atoms with Crippen molar-refractivity contribution in [1.29, 1.82) is 0 Å². The SMILES string of the molecule is CC(C)n1ncc2cc(C(=O)Nc3nc4c(ccc5ccccc54)s3)cnc21. The van der Waals surface area contributed by atoms with Crippen LogP contribution in [0.2, 0.25) is 0 Å². The lowest BCUT2D eigenvalue weighted by Crippen LogP contribution is -2.12. The minimum absolute atomic E-state index is 0.210. The maximum atomic E-state index is 12.7. The molecule has 6 nitrogen and oxygen atoms in total. The Morgan fingerprint density at radius 1 is 1.11 bits per heavy atom. The van der Waals surface area contributed by atoms with Gasteiger partial charge in [-0.2, -0.15) is 5.10 Å². The van der Waals surface area contributed by atoms with Gasteiger partial charge in [-0.25, -0.2) is 14.6 Å². The van der Waals surface area contributed by atoms with Crippen LogP contribution >= 0.6 is 11.3 Å². The molecule has 138 valence electrons. The molecule has 28 heavy (non-hydrogen) atoms. The third kappa shape index (κ3) is 2.71. The van der Waals surface area contributed by atoms with E-state index in [2.05, 4.69) is 32.5 Å². The van der Waals surface area contributed by atoms with Crippen LogP contribution in [0.15, 0.2) is 54.9 Å². The molecule has 0 fully saturated rings. The number of benzene rings is 2. The van der Waals surface area contributed by atoms with Crippen LogP contribution in [-0.4, -0.2) is 25.7 Å². The molecule has 0 radical (unpaired) electrons. The van der Waals surface area contributed by atoms with E-state index in [1.54, 1.807) is 12.4 Å². The molecule has 0 saturated carbocycles. The van der Waals surface area contributed by atoms with Gasteiger partial charge in [0.1, 0.15) is 0 Å². The van der Waals surface area contributed by atoms with Crippen molar-refractivity contribution in [3.63, 3.8) is 0 Å². The predicted octanol–water partition coefficient (Wildman–Crippen LogP) is 5.03. The molecule has 1 N–H and O–H groups in total. The van der Waals surface area contributed by atoms with E-state index in [1.165, 1.54) is 11.3 Å². The van der Waals surface area contributed by atoms with Gasteiger partial charge in [-0.1, -0.05) is 41.7 Å². The molecule has 7 heteroatoms. The summed E-state index contributed by atoms with van der Waals surface area (Å²) in [5.41, 5.74) is 2.17. The number of nitrogens with zero attached hydrogens (tertiary/aromatic N) is 4. The maximum Gasteiger partial charge on any atom is 0.259 e. The number of anilines is 1. The molecule has 2 aromatic carbocycles. The Bertz CT molecular complexity index is 1350. The molecule has 0 unspecified atom stereocenters. The third-order valence-corrected chi connectivity index (χ3v) is 5.62. The first-order valence-corrected chi connectivity index (χ1v) is 9.85. The van der Waals surface area contributed by atoms with Crippen molar-refractivity contribution in [3.05, 3.63) is 60.4 Å². The number of pyridine rings is 1. The summed E-state index contributed by atoms with van der Waals surface area (Å²) in [6, 6.07) is 14.3. The van der Waals surface area contributed by atoms with Crippen LogP contribution in [0.5, 0.6) is 0 Å². The molecule has 5 aromatic rings. The standard InChI is InChI=1S/C21H17N5OS/c1-12(2)26-19-14(11-23-26)9-15(10-22-19)20(27)25-21-24-18-16-6-4-3-5-13(16)7-8-17(18)28-21/h3-12H,1-2H3,(H,24,25,27). The maximum absolute atomic E-state index is 12.7. The first-order valence-electron chi connectivity index (χ1n) is 9.03. The van der Waals surface area contributed by atoms with E-state index in [4.69, 9.17) is 0 Å². The predicted molar refractivity (Wildman–Crippen MR) is 113 cm³/mol. The Balaban J connectivity index is 1.48. The molecule has 0 saturated heterocycles. The molecule has 0 spiro atoms. The molecule has 1 amide bonds. The monoisotopic (exact) mass is 387 g/mol. The highest BCUT2D eigenvalue weighted by Crippen LogP contribution is 2.32. The summed E-state index contributed by atoms with van der Waals surface area (Å²) in [5, 5.41) is 10.9. The number of hydrogen-bond donors (Lipinski definition) is 1. The van der Waals surface area contributed by atoms with E-state index in [0.717, 1.165) is 32.0 Å². The highest BCUT2D eigenvalue weighted by atomic mass is 32.1. The van der Waals surface area contributed by atoms with E-state index >= 15 is 0 Å². The van der Waals surface area contributed by atoms with Crippen molar-refractivity contribution >= 4 is 54.4 Å². The second-order valence-electron chi connectivity index (χ2n) is 6.93. The van der Waals surface area contributed by atoms with Gasteiger partial charge < -0.3 is 0 Å². The van der Waals surface area contributed by atoms with Gasteiger partial charge in [-0.15, -0.1) is 0 Å². The minimum Gasteiger partial charge on any atom is -0.298 e. The largest absolute Gasteiger partial charge is 0.298 e. The molecular weight excluding hydrogens is 370 g/mol. The molecule has 0 atom stereocenters. The van der Waals surface area contributed by atoms with Gasteiger partial charge in [0.25, 0.3) is 5.91 Å².